The predicted octanol–water partition coefficient (Wildman–Crippen LogP) is 8.72. The third-order valence-electron chi connectivity index (χ3n) is 11.0. The van der Waals surface area contributed by atoms with Crippen molar-refractivity contribution in [2.45, 2.75) is 70.9 Å². The van der Waals surface area contributed by atoms with E-state index in [2.05, 4.69) is 10.3 Å². The molecule has 0 aliphatic carbocycles. The van der Waals surface area contributed by atoms with Gasteiger partial charge in [-0.05, 0) is 92.4 Å². The fraction of sp³-hybridized carbons (Fsp3) is 0.289. The van der Waals surface area contributed by atoms with E-state index in [9.17, 15) is 27.1 Å². The number of nitrogens with one attached hydrogen (secondary N) is 1. The molecule has 4 heterocycles. The Kier molecular flexibility index (Phi) is 11.6. The number of ether oxygens (including phenoxy) is 2. The van der Waals surface area contributed by atoms with Crippen LogP contribution in [0.5, 0.6) is 11.5 Å². The van der Waals surface area contributed by atoms with E-state index in [1.807, 2.05) is 63.2 Å². The predicted molar refractivity (Wildman–Crippen MR) is 224 cm³/mol. The van der Waals surface area contributed by atoms with E-state index in [-0.39, 0.29) is 35.3 Å². The number of benzene rings is 4. The SMILES string of the molecule is CCNCc1cc2nc(-c3cccc(-c4cccc(-c5nc6cc(CN7CCC[C@H]7C(=O)O)c(OC(F)F)cc6o5)c4C)c3C)oc2cc1OCc1cncc(S(C)(=O)=O)c1. The molecule has 3 aromatic heterocycles. The number of sulfone groups is 1. The summed E-state index contributed by atoms with van der Waals surface area (Å²) in [7, 11) is -3.44. The smallest absolute Gasteiger partial charge is 0.387 e. The average Bonchev–Trinajstić information content (AvgIpc) is 3.97. The van der Waals surface area contributed by atoms with Crippen LogP contribution in [-0.4, -0.2) is 71.3 Å². The Labute approximate surface area is 350 Å². The number of pyridine rings is 1. The van der Waals surface area contributed by atoms with Crippen LogP contribution in [0.4, 0.5) is 8.78 Å². The van der Waals surface area contributed by atoms with Crippen LogP contribution in [0.3, 0.4) is 0 Å². The van der Waals surface area contributed by atoms with Crippen LogP contribution in [0.15, 0.2) is 92.9 Å². The number of carboxylic acid groups (broad SMARTS) is 1. The molecule has 1 aliphatic rings. The number of aromatic nitrogens is 3. The van der Waals surface area contributed by atoms with Gasteiger partial charge in [-0.2, -0.15) is 8.78 Å². The molecule has 4 aromatic carbocycles. The topological polar surface area (TPSA) is 170 Å². The van der Waals surface area contributed by atoms with E-state index in [4.69, 9.17) is 28.3 Å². The highest BCUT2D eigenvalue weighted by molar-refractivity contribution is 7.90. The Hall–Kier alpha value is -6.23. The zero-order chi connectivity index (χ0) is 43.0. The summed E-state index contributed by atoms with van der Waals surface area (Å²) in [5.74, 6) is 0.221. The lowest BCUT2D eigenvalue weighted by Crippen LogP contribution is -2.35. The number of hydrogen-bond donors (Lipinski definition) is 2. The van der Waals surface area contributed by atoms with E-state index in [0.717, 1.165) is 46.2 Å². The molecule has 316 valence electrons. The third kappa shape index (κ3) is 8.69. The first-order chi connectivity index (χ1) is 29.3. The van der Waals surface area contributed by atoms with Crippen molar-refractivity contribution in [3.63, 3.8) is 0 Å². The number of oxazole rings is 2. The second-order valence-electron chi connectivity index (χ2n) is 15.1. The lowest BCUT2D eigenvalue weighted by molar-refractivity contribution is -0.142. The van der Waals surface area contributed by atoms with Crippen molar-refractivity contribution in [3.8, 4) is 45.5 Å². The minimum atomic E-state index is -3.44. The first-order valence-corrected chi connectivity index (χ1v) is 21.6. The molecule has 61 heavy (non-hydrogen) atoms. The second-order valence-corrected chi connectivity index (χ2v) is 17.1. The summed E-state index contributed by atoms with van der Waals surface area (Å²) >= 11 is 0. The third-order valence-corrected chi connectivity index (χ3v) is 12.0. The van der Waals surface area contributed by atoms with Crippen LogP contribution in [0.25, 0.3) is 56.2 Å². The van der Waals surface area contributed by atoms with Crippen molar-refractivity contribution in [2.24, 2.45) is 0 Å². The lowest BCUT2D eigenvalue weighted by atomic mass is 9.91. The molecule has 1 atom stereocenters. The van der Waals surface area contributed by atoms with Crippen LogP contribution in [-0.2, 0) is 34.3 Å². The Balaban J connectivity index is 1.10. The molecule has 0 bridgehead atoms. The number of aliphatic carboxylic acids is 1. The molecule has 1 aliphatic heterocycles. The minimum absolute atomic E-state index is 0.0913. The van der Waals surface area contributed by atoms with Crippen LogP contribution in [0.2, 0.25) is 0 Å². The molecular weight excluding hydrogens is 809 g/mol. The molecular formula is C45H43F2N5O8S. The summed E-state index contributed by atoms with van der Waals surface area (Å²) in [5, 5.41) is 13.0. The molecule has 8 rings (SSSR count). The van der Waals surface area contributed by atoms with Crippen molar-refractivity contribution in [1.29, 1.82) is 0 Å². The standard InChI is InChI=1S/C45H43F2N5O8S/c1-5-48-21-28-16-35-40(18-38(28)57-24-27-15-30(22-49-20-27)61(4,55)56)58-42(50-35)33-11-6-9-31(25(33)2)32-10-7-12-34(26(32)3)43-51-36-17-29(23-52-14-8-13-37(52)44(53)54)39(60-45(46)47)19-41(36)59-43/h6-7,9-12,15-20,22,37,45,48H,5,8,13-14,21,23-24H2,1-4H3,(H,53,54)/t37-/m0/s1. The van der Waals surface area contributed by atoms with E-state index >= 15 is 0 Å². The summed E-state index contributed by atoms with van der Waals surface area (Å²) in [4.78, 5) is 27.4. The van der Waals surface area contributed by atoms with E-state index < -0.39 is 28.5 Å². The quantitative estimate of drug-likeness (QED) is 0.101. The summed E-state index contributed by atoms with van der Waals surface area (Å²) in [5.41, 5.74) is 8.77. The normalized spacial score (nSPS) is 14.7. The summed E-state index contributed by atoms with van der Waals surface area (Å²) in [6.45, 7) is 4.83. The summed E-state index contributed by atoms with van der Waals surface area (Å²) in [6, 6.07) is 19.2. The first-order valence-electron chi connectivity index (χ1n) is 19.7. The molecule has 0 spiro atoms. The molecule has 2 N–H and O–H groups in total. The highest BCUT2D eigenvalue weighted by Gasteiger charge is 2.31. The Morgan fingerprint density at radius 3 is 2.10 bits per heavy atom. The minimum Gasteiger partial charge on any atom is -0.488 e. The molecule has 0 radical (unpaired) electrons. The number of fused-ring (bicyclic) bond motifs is 2. The molecule has 0 amide bonds. The van der Waals surface area contributed by atoms with Gasteiger partial charge in [-0.3, -0.25) is 14.7 Å². The van der Waals surface area contributed by atoms with Crippen LogP contribution in [0.1, 0.15) is 47.6 Å². The average molecular weight is 852 g/mol. The maximum absolute atomic E-state index is 13.6. The van der Waals surface area contributed by atoms with Crippen molar-refractivity contribution >= 4 is 38.0 Å². The molecule has 13 nitrogen and oxygen atoms in total. The number of carboxylic acids is 1. The van der Waals surface area contributed by atoms with Gasteiger partial charge in [-0.15, -0.1) is 0 Å². The van der Waals surface area contributed by atoms with E-state index in [1.165, 1.54) is 12.3 Å². The number of likely N-dealkylation sites (tertiary alicyclic amines) is 1. The molecule has 0 unspecified atom stereocenters. The van der Waals surface area contributed by atoms with Gasteiger partial charge in [0.15, 0.2) is 21.0 Å². The van der Waals surface area contributed by atoms with Crippen molar-refractivity contribution < 1.29 is 45.4 Å². The number of halogens is 2. The number of rotatable bonds is 15. The maximum Gasteiger partial charge on any atom is 0.387 e. The largest absolute Gasteiger partial charge is 0.488 e. The zero-order valence-electron chi connectivity index (χ0n) is 33.9. The maximum atomic E-state index is 13.6. The Morgan fingerprint density at radius 1 is 0.902 bits per heavy atom. The number of hydrogen-bond acceptors (Lipinski definition) is 12. The summed E-state index contributed by atoms with van der Waals surface area (Å²) < 4.78 is 75.0. The first kappa shape index (κ1) is 41.5. The van der Waals surface area contributed by atoms with Crippen molar-refractivity contribution in [3.05, 3.63) is 107 Å². The van der Waals surface area contributed by atoms with Gasteiger partial charge in [0.05, 0.1) is 4.90 Å². The zero-order valence-corrected chi connectivity index (χ0v) is 34.7. The Bertz CT molecular complexity index is 2900. The summed E-state index contributed by atoms with van der Waals surface area (Å²) in [6.07, 6.45) is 5.18. The van der Waals surface area contributed by atoms with Gasteiger partial charge in [-0.25, -0.2) is 18.4 Å². The van der Waals surface area contributed by atoms with Gasteiger partial charge >= 0.3 is 12.6 Å². The van der Waals surface area contributed by atoms with Gasteiger partial charge in [0.1, 0.15) is 35.2 Å². The van der Waals surface area contributed by atoms with Gasteiger partial charge in [0, 0.05) is 71.7 Å². The van der Waals surface area contributed by atoms with Crippen LogP contribution >= 0.6 is 0 Å². The van der Waals surface area contributed by atoms with E-state index in [1.54, 1.807) is 29.3 Å². The molecule has 1 fully saturated rings. The van der Waals surface area contributed by atoms with Crippen LogP contribution in [0, 0.1) is 13.8 Å². The highest BCUT2D eigenvalue weighted by Crippen LogP contribution is 2.40. The molecule has 16 heteroatoms. The van der Waals surface area contributed by atoms with Gasteiger partial charge in [-0.1, -0.05) is 31.2 Å². The Morgan fingerprint density at radius 2 is 1.51 bits per heavy atom. The van der Waals surface area contributed by atoms with Gasteiger partial charge in [0.25, 0.3) is 0 Å². The second kappa shape index (κ2) is 17.0. The van der Waals surface area contributed by atoms with E-state index in [0.29, 0.717) is 70.9 Å². The fourth-order valence-corrected chi connectivity index (χ4v) is 8.45. The fourth-order valence-electron chi connectivity index (χ4n) is 7.83. The number of alkyl halides is 2. The van der Waals surface area contributed by atoms with Crippen LogP contribution < -0.4 is 14.8 Å². The molecule has 1 saturated heterocycles. The molecule has 7 aromatic rings. The monoisotopic (exact) mass is 851 g/mol. The lowest BCUT2D eigenvalue weighted by Gasteiger charge is -2.22. The van der Waals surface area contributed by atoms with Gasteiger partial charge < -0.3 is 28.7 Å². The number of nitrogens with zero attached hydrogens (tertiary/aromatic N) is 4. The van der Waals surface area contributed by atoms with Crippen molar-refractivity contribution in [1.82, 2.24) is 25.2 Å². The highest BCUT2D eigenvalue weighted by atomic mass is 32.2. The molecule has 0 saturated carbocycles. The number of carbonyl (C=O) groups is 1. The van der Waals surface area contributed by atoms with Gasteiger partial charge in [0.2, 0.25) is 11.8 Å². The van der Waals surface area contributed by atoms with Crippen molar-refractivity contribution in [2.75, 3.05) is 19.3 Å².